The average Bonchev–Trinajstić information content (AvgIpc) is 1.61. The Labute approximate surface area is 512 Å². The van der Waals surface area contributed by atoms with E-state index in [0.29, 0.717) is 12.5 Å². The van der Waals surface area contributed by atoms with Crippen LogP contribution in [0.15, 0.2) is 304 Å². The van der Waals surface area contributed by atoms with Gasteiger partial charge in [0.1, 0.15) is 5.75 Å². The molecule has 1 aliphatic rings. The molecule has 12 aromatic carbocycles. The van der Waals surface area contributed by atoms with E-state index >= 15 is 0 Å². The lowest BCUT2D eigenvalue weighted by molar-refractivity contribution is 0.248. The highest BCUT2D eigenvalue weighted by molar-refractivity contribution is 6.11. The van der Waals surface area contributed by atoms with Crippen LogP contribution in [-0.4, -0.2) is 11.2 Å². The van der Waals surface area contributed by atoms with E-state index in [1.807, 2.05) is 12.2 Å². The monoisotopic (exact) mass is 1120 g/mol. The standard InChI is InChI=1S/C84H68N2O/c1-4-60-28-32-63(33-29-60)65-40-49-75(50-41-65)87-58-59(3)19-17-18-54-84(70-22-11-7-12-23-70)80-27-16-15-26-76(80)77-51-48-74(57-81(77)84)85(72-44-36-64(37-45-72)62-20-9-6-10-21-62)73-46-38-67(39-47-73)69-43-53-83-79(56-69)78-55-68(66-34-30-61(5-2)31-35-66)42-52-82(78)86(83)71-24-13-8-14-25-71/h4-16,20-53,55-57,59H,1-2,17-19,54,58H2,3H3. The van der Waals surface area contributed by atoms with Gasteiger partial charge in [0.2, 0.25) is 0 Å². The quantitative estimate of drug-likeness (QED) is 0.0751. The fourth-order valence-corrected chi connectivity index (χ4v) is 13.4. The maximum atomic E-state index is 6.42. The Hall–Kier alpha value is -10.5. The number of hydrogen-bond donors (Lipinski definition) is 0. The first-order valence-electron chi connectivity index (χ1n) is 30.6. The normalized spacial score (nSPS) is 13.7. The molecule has 14 rings (SSSR count). The SMILES string of the molecule is C=Cc1ccc(-c2ccc(OCC(C)CCCCC3(c4ccccc4)c4ccccc4-c4ccc(N(c5ccc(-c6ccccc6)cc5)c5ccc(-c6ccc7c(c6)c6cc(-c8ccc(C=C)cc8)ccc6n7-c6ccccc6)cc5)cc43)cc2)cc1. The fraction of sp³-hybridized carbons (Fsp3) is 0.0952. The molecule has 0 fully saturated rings. The van der Waals surface area contributed by atoms with Gasteiger partial charge in [0.05, 0.1) is 17.6 Å². The number of hydrogen-bond acceptors (Lipinski definition) is 2. The van der Waals surface area contributed by atoms with Gasteiger partial charge >= 0.3 is 0 Å². The van der Waals surface area contributed by atoms with Crippen molar-refractivity contribution in [2.45, 2.75) is 38.0 Å². The first-order chi connectivity index (χ1) is 42.9. The summed E-state index contributed by atoms with van der Waals surface area (Å²) in [7, 11) is 0. The Morgan fingerprint density at radius 2 is 0.862 bits per heavy atom. The third kappa shape index (κ3) is 10.6. The Bertz CT molecular complexity index is 4560. The molecule has 0 radical (unpaired) electrons. The molecule has 13 aromatic rings. The summed E-state index contributed by atoms with van der Waals surface area (Å²) in [6.45, 7) is 10.9. The summed E-state index contributed by atoms with van der Waals surface area (Å²) >= 11 is 0. The lowest BCUT2D eigenvalue weighted by atomic mass is 9.69. The Morgan fingerprint density at radius 1 is 0.414 bits per heavy atom. The topological polar surface area (TPSA) is 17.4 Å². The molecule has 3 heteroatoms. The van der Waals surface area contributed by atoms with Crippen LogP contribution >= 0.6 is 0 Å². The zero-order valence-corrected chi connectivity index (χ0v) is 49.2. The summed E-state index contributed by atoms with van der Waals surface area (Å²) in [6, 6.07) is 107. The van der Waals surface area contributed by atoms with Crippen LogP contribution in [0.4, 0.5) is 17.1 Å². The summed E-state index contributed by atoms with van der Waals surface area (Å²) in [5.74, 6) is 1.31. The van der Waals surface area contributed by atoms with Crippen molar-refractivity contribution < 1.29 is 4.74 Å². The summed E-state index contributed by atoms with van der Waals surface area (Å²) in [4.78, 5) is 2.45. The number of ether oxygens (including phenoxy) is 1. The molecule has 0 amide bonds. The first kappa shape index (κ1) is 54.5. The van der Waals surface area contributed by atoms with Crippen molar-refractivity contribution in [2.75, 3.05) is 11.5 Å². The predicted molar refractivity (Wildman–Crippen MR) is 369 cm³/mol. The molecular weight excluding hydrogens is 1050 g/mol. The maximum Gasteiger partial charge on any atom is 0.119 e. The van der Waals surface area contributed by atoms with Gasteiger partial charge in [0.25, 0.3) is 0 Å². The highest BCUT2D eigenvalue weighted by atomic mass is 16.5. The molecule has 0 saturated heterocycles. The van der Waals surface area contributed by atoms with E-state index in [0.717, 1.165) is 70.9 Å². The Kier molecular flexibility index (Phi) is 14.9. The number of anilines is 3. The molecule has 0 aliphatic heterocycles. The molecular formula is C84H68N2O. The second kappa shape index (κ2) is 23.9. The highest BCUT2D eigenvalue weighted by Gasteiger charge is 2.44. The fourth-order valence-electron chi connectivity index (χ4n) is 13.4. The number of rotatable bonds is 19. The van der Waals surface area contributed by atoms with E-state index in [9.17, 15) is 0 Å². The molecule has 1 aliphatic carbocycles. The van der Waals surface area contributed by atoms with Crippen LogP contribution in [0.1, 0.15) is 60.4 Å². The number of aromatic nitrogens is 1. The third-order valence-corrected chi connectivity index (χ3v) is 18.0. The lowest BCUT2D eigenvalue weighted by Crippen LogP contribution is -2.27. The molecule has 2 unspecified atom stereocenters. The molecule has 0 N–H and O–H groups in total. The van der Waals surface area contributed by atoms with Gasteiger partial charge in [-0.1, -0.05) is 251 Å². The van der Waals surface area contributed by atoms with Gasteiger partial charge in [-0.2, -0.15) is 0 Å². The zero-order chi connectivity index (χ0) is 58.7. The van der Waals surface area contributed by atoms with Gasteiger partial charge in [0, 0.05) is 38.9 Å². The lowest BCUT2D eigenvalue weighted by Gasteiger charge is -2.34. The summed E-state index contributed by atoms with van der Waals surface area (Å²) in [5, 5.41) is 2.44. The summed E-state index contributed by atoms with van der Waals surface area (Å²) in [6.07, 6.45) is 7.98. The molecule has 87 heavy (non-hydrogen) atoms. The van der Waals surface area contributed by atoms with Crippen LogP contribution in [-0.2, 0) is 5.41 Å². The third-order valence-electron chi connectivity index (χ3n) is 18.0. The molecule has 3 nitrogen and oxygen atoms in total. The van der Waals surface area contributed by atoms with Crippen molar-refractivity contribution in [2.24, 2.45) is 5.92 Å². The van der Waals surface area contributed by atoms with Crippen LogP contribution in [0.2, 0.25) is 0 Å². The molecule has 420 valence electrons. The van der Waals surface area contributed by atoms with Crippen molar-refractivity contribution in [1.29, 1.82) is 0 Å². The maximum absolute atomic E-state index is 6.42. The van der Waals surface area contributed by atoms with Crippen LogP contribution in [0, 0.1) is 5.92 Å². The largest absolute Gasteiger partial charge is 0.493 e. The second-order valence-electron chi connectivity index (χ2n) is 23.3. The van der Waals surface area contributed by atoms with E-state index in [1.165, 1.54) is 88.6 Å². The molecule has 0 spiro atoms. The number of nitrogens with zero attached hydrogens (tertiary/aromatic N) is 2. The number of para-hydroxylation sites is 1. The van der Waals surface area contributed by atoms with Crippen molar-refractivity contribution in [3.63, 3.8) is 0 Å². The first-order valence-corrected chi connectivity index (χ1v) is 30.6. The van der Waals surface area contributed by atoms with Gasteiger partial charge in [-0.05, 0) is 187 Å². The number of fused-ring (bicyclic) bond motifs is 6. The van der Waals surface area contributed by atoms with E-state index < -0.39 is 0 Å². The van der Waals surface area contributed by atoms with E-state index in [2.05, 4.69) is 321 Å². The van der Waals surface area contributed by atoms with Crippen LogP contribution in [0.3, 0.4) is 0 Å². The number of unbranched alkanes of at least 4 members (excludes halogenated alkanes) is 1. The Balaban J connectivity index is 0.796. The van der Waals surface area contributed by atoms with Gasteiger partial charge in [0.15, 0.2) is 0 Å². The highest BCUT2D eigenvalue weighted by Crippen LogP contribution is 2.56. The molecule has 2 atom stereocenters. The minimum atomic E-state index is -0.359. The van der Waals surface area contributed by atoms with Crippen LogP contribution in [0.5, 0.6) is 5.75 Å². The molecule has 0 saturated carbocycles. The summed E-state index contributed by atoms with van der Waals surface area (Å²) in [5.41, 5.74) is 24.8. The number of benzene rings is 12. The van der Waals surface area contributed by atoms with Crippen molar-refractivity contribution in [3.8, 4) is 67.1 Å². The van der Waals surface area contributed by atoms with E-state index in [-0.39, 0.29) is 5.41 Å². The van der Waals surface area contributed by atoms with Gasteiger partial charge in [-0.25, -0.2) is 0 Å². The van der Waals surface area contributed by atoms with Crippen molar-refractivity contribution in [3.05, 3.63) is 332 Å². The summed E-state index contributed by atoms with van der Waals surface area (Å²) < 4.78 is 8.82. The predicted octanol–water partition coefficient (Wildman–Crippen LogP) is 22.8. The second-order valence-corrected chi connectivity index (χ2v) is 23.3. The zero-order valence-electron chi connectivity index (χ0n) is 49.2. The van der Waals surface area contributed by atoms with Gasteiger partial charge in [-0.3, -0.25) is 0 Å². The van der Waals surface area contributed by atoms with Gasteiger partial charge in [-0.15, -0.1) is 0 Å². The minimum Gasteiger partial charge on any atom is -0.493 e. The van der Waals surface area contributed by atoms with Crippen molar-refractivity contribution in [1.82, 2.24) is 4.57 Å². The molecule has 1 aromatic heterocycles. The van der Waals surface area contributed by atoms with Crippen LogP contribution in [0.25, 0.3) is 95.3 Å². The average molecular weight is 1120 g/mol. The minimum absolute atomic E-state index is 0.359. The molecule has 1 heterocycles. The Morgan fingerprint density at radius 3 is 1.43 bits per heavy atom. The van der Waals surface area contributed by atoms with Crippen molar-refractivity contribution >= 4 is 51.0 Å². The molecule has 0 bridgehead atoms. The smallest absolute Gasteiger partial charge is 0.119 e. The van der Waals surface area contributed by atoms with E-state index in [4.69, 9.17) is 4.74 Å². The van der Waals surface area contributed by atoms with Gasteiger partial charge < -0.3 is 14.2 Å². The van der Waals surface area contributed by atoms with Crippen LogP contribution < -0.4 is 9.64 Å². The van der Waals surface area contributed by atoms with E-state index in [1.54, 1.807) is 0 Å².